The Kier molecular flexibility index (Phi) is 5.65. The molecule has 1 aliphatic rings. The van der Waals surface area contributed by atoms with E-state index in [1.54, 1.807) is 12.1 Å². The Morgan fingerprint density at radius 2 is 2.09 bits per heavy atom. The lowest BCUT2D eigenvalue weighted by atomic mass is 10.1. The Bertz CT molecular complexity index is 496. The predicted molar refractivity (Wildman–Crippen MR) is 75.5 cm³/mol. The molecule has 1 aromatic carbocycles. The van der Waals surface area contributed by atoms with Crippen LogP contribution in [0.5, 0.6) is 0 Å². The lowest BCUT2D eigenvalue weighted by Gasteiger charge is -2.22. The molecule has 0 heterocycles. The van der Waals surface area contributed by atoms with E-state index in [1.165, 1.54) is 19.2 Å². The summed E-state index contributed by atoms with van der Waals surface area (Å²) in [7, 11) is 1.45. The first kappa shape index (κ1) is 16.6. The Morgan fingerprint density at radius 1 is 1.41 bits per heavy atom. The van der Waals surface area contributed by atoms with Crippen molar-refractivity contribution in [1.82, 2.24) is 10.2 Å². The number of benzene rings is 1. The number of nitrogens with zero attached hydrogens (tertiary/aromatic N) is 1. The molecular formula is C15H19F3N2O2. The summed E-state index contributed by atoms with van der Waals surface area (Å²) >= 11 is 0. The van der Waals surface area contributed by atoms with Crippen LogP contribution in [0, 0.1) is 5.82 Å². The highest BCUT2D eigenvalue weighted by atomic mass is 19.3. The van der Waals surface area contributed by atoms with Crippen LogP contribution in [0.4, 0.5) is 18.0 Å². The summed E-state index contributed by atoms with van der Waals surface area (Å²) in [6.07, 6.45) is -1.86. The van der Waals surface area contributed by atoms with Crippen LogP contribution in [-0.4, -0.2) is 50.2 Å². The number of ether oxygens (including phenoxy) is 1. The van der Waals surface area contributed by atoms with Gasteiger partial charge in [0, 0.05) is 25.6 Å². The molecule has 1 aromatic rings. The minimum absolute atomic E-state index is 0.0966. The third kappa shape index (κ3) is 4.62. The van der Waals surface area contributed by atoms with E-state index in [2.05, 4.69) is 5.32 Å². The maximum Gasteiger partial charge on any atom is 0.317 e. The van der Waals surface area contributed by atoms with E-state index in [-0.39, 0.29) is 30.9 Å². The summed E-state index contributed by atoms with van der Waals surface area (Å²) in [6, 6.07) is 5.47. The van der Waals surface area contributed by atoms with Crippen LogP contribution in [0.1, 0.15) is 17.9 Å². The molecule has 1 N–H and O–H groups in total. The van der Waals surface area contributed by atoms with Gasteiger partial charge in [0.2, 0.25) is 0 Å². The summed E-state index contributed by atoms with van der Waals surface area (Å²) in [5, 5.41) is 2.74. The van der Waals surface area contributed by atoms with Gasteiger partial charge in [0.25, 0.3) is 6.43 Å². The van der Waals surface area contributed by atoms with Crippen molar-refractivity contribution >= 4 is 6.03 Å². The standard InChI is InChI=1S/C15H19F3N2O2/c1-22-7-6-20(9-14(17)18)15(21)19-13-8-12(13)10-2-4-11(16)5-3-10/h2-5,12-14H,6-9H2,1H3,(H,19,21)/t12-,13-/m0/s1. The number of nitrogens with one attached hydrogen (secondary N) is 1. The van der Waals surface area contributed by atoms with Gasteiger partial charge in [-0.25, -0.2) is 18.0 Å². The maximum absolute atomic E-state index is 12.9. The smallest absolute Gasteiger partial charge is 0.317 e. The van der Waals surface area contributed by atoms with Gasteiger partial charge >= 0.3 is 6.03 Å². The second-order valence-corrected chi connectivity index (χ2v) is 5.28. The molecule has 0 unspecified atom stereocenters. The van der Waals surface area contributed by atoms with E-state index in [0.717, 1.165) is 16.9 Å². The zero-order valence-corrected chi connectivity index (χ0v) is 12.3. The van der Waals surface area contributed by atoms with Crippen LogP contribution in [0.25, 0.3) is 0 Å². The molecule has 0 radical (unpaired) electrons. The van der Waals surface area contributed by atoms with Gasteiger partial charge in [0.15, 0.2) is 0 Å². The molecule has 1 saturated carbocycles. The van der Waals surface area contributed by atoms with Gasteiger partial charge < -0.3 is 15.0 Å². The lowest BCUT2D eigenvalue weighted by molar-refractivity contribution is 0.0833. The Balaban J connectivity index is 1.86. The van der Waals surface area contributed by atoms with E-state index < -0.39 is 19.0 Å². The van der Waals surface area contributed by atoms with Crippen LogP contribution < -0.4 is 5.32 Å². The molecule has 0 aliphatic heterocycles. The molecule has 0 saturated heterocycles. The number of amides is 2. The number of urea groups is 1. The van der Waals surface area contributed by atoms with Crippen LogP contribution in [0.2, 0.25) is 0 Å². The molecule has 7 heteroatoms. The molecule has 1 aliphatic carbocycles. The number of hydrogen-bond donors (Lipinski definition) is 1. The Labute approximate surface area is 127 Å². The highest BCUT2D eigenvalue weighted by Gasteiger charge is 2.40. The number of methoxy groups -OCH3 is 1. The van der Waals surface area contributed by atoms with Crippen LogP contribution >= 0.6 is 0 Å². The minimum Gasteiger partial charge on any atom is -0.383 e. The van der Waals surface area contributed by atoms with Gasteiger partial charge in [-0.3, -0.25) is 0 Å². The van der Waals surface area contributed by atoms with Crippen molar-refractivity contribution in [3.8, 4) is 0 Å². The third-order valence-corrected chi connectivity index (χ3v) is 3.61. The molecule has 0 bridgehead atoms. The molecule has 22 heavy (non-hydrogen) atoms. The molecule has 2 amide bonds. The van der Waals surface area contributed by atoms with E-state index in [0.29, 0.717) is 0 Å². The first-order valence-electron chi connectivity index (χ1n) is 7.09. The topological polar surface area (TPSA) is 41.6 Å². The summed E-state index contributed by atoms with van der Waals surface area (Å²) in [6.45, 7) is -0.310. The zero-order valence-electron chi connectivity index (χ0n) is 12.3. The summed E-state index contributed by atoms with van der Waals surface area (Å²) < 4.78 is 42.7. The predicted octanol–water partition coefficient (Wildman–Crippen LogP) is 2.60. The first-order chi connectivity index (χ1) is 10.5. The van der Waals surface area contributed by atoms with Gasteiger partial charge in [-0.05, 0) is 24.1 Å². The third-order valence-electron chi connectivity index (χ3n) is 3.61. The van der Waals surface area contributed by atoms with E-state index in [1.807, 2.05) is 0 Å². The van der Waals surface area contributed by atoms with E-state index in [9.17, 15) is 18.0 Å². The fraction of sp³-hybridized carbons (Fsp3) is 0.533. The van der Waals surface area contributed by atoms with Gasteiger partial charge in [0.1, 0.15) is 5.82 Å². The van der Waals surface area contributed by atoms with Crippen LogP contribution in [-0.2, 0) is 4.74 Å². The maximum atomic E-state index is 12.9. The van der Waals surface area contributed by atoms with Crippen molar-refractivity contribution < 1.29 is 22.7 Å². The monoisotopic (exact) mass is 316 g/mol. The van der Waals surface area contributed by atoms with Crippen molar-refractivity contribution in [2.24, 2.45) is 0 Å². The number of halogens is 3. The average Bonchev–Trinajstić information content (AvgIpc) is 3.23. The zero-order chi connectivity index (χ0) is 16.1. The largest absolute Gasteiger partial charge is 0.383 e. The Morgan fingerprint density at radius 3 is 2.68 bits per heavy atom. The van der Waals surface area contributed by atoms with Crippen molar-refractivity contribution in [3.63, 3.8) is 0 Å². The summed E-state index contributed by atoms with van der Waals surface area (Å²) in [5.41, 5.74) is 0.934. The molecule has 2 rings (SSSR count). The lowest BCUT2D eigenvalue weighted by Crippen LogP contribution is -2.45. The van der Waals surface area contributed by atoms with Crippen molar-refractivity contribution in [1.29, 1.82) is 0 Å². The molecular weight excluding hydrogens is 297 g/mol. The van der Waals surface area contributed by atoms with Crippen molar-refractivity contribution in [3.05, 3.63) is 35.6 Å². The number of carbonyl (C=O) groups is 1. The van der Waals surface area contributed by atoms with Gasteiger partial charge in [0.05, 0.1) is 13.2 Å². The van der Waals surface area contributed by atoms with Crippen molar-refractivity contribution in [2.45, 2.75) is 24.8 Å². The van der Waals surface area contributed by atoms with E-state index >= 15 is 0 Å². The number of carbonyl (C=O) groups excluding carboxylic acids is 1. The summed E-state index contributed by atoms with van der Waals surface area (Å²) in [4.78, 5) is 13.1. The molecule has 2 atom stereocenters. The van der Waals surface area contributed by atoms with Crippen LogP contribution in [0.15, 0.2) is 24.3 Å². The molecule has 1 fully saturated rings. The Hall–Kier alpha value is -1.76. The second kappa shape index (κ2) is 7.49. The highest BCUT2D eigenvalue weighted by molar-refractivity contribution is 5.75. The number of hydrogen-bond acceptors (Lipinski definition) is 2. The van der Waals surface area contributed by atoms with Gasteiger partial charge in [-0.15, -0.1) is 0 Å². The highest BCUT2D eigenvalue weighted by Crippen LogP contribution is 2.40. The SMILES string of the molecule is COCCN(CC(F)F)C(=O)N[C@H]1C[C@H]1c1ccc(F)cc1. The van der Waals surface area contributed by atoms with Gasteiger partial charge in [-0.1, -0.05) is 12.1 Å². The molecule has 0 aromatic heterocycles. The quantitative estimate of drug-likeness (QED) is 0.840. The first-order valence-corrected chi connectivity index (χ1v) is 7.09. The fourth-order valence-corrected chi connectivity index (χ4v) is 2.33. The van der Waals surface area contributed by atoms with Gasteiger partial charge in [-0.2, -0.15) is 0 Å². The van der Waals surface area contributed by atoms with E-state index in [4.69, 9.17) is 4.74 Å². The molecule has 122 valence electrons. The average molecular weight is 316 g/mol. The molecule has 0 spiro atoms. The second-order valence-electron chi connectivity index (χ2n) is 5.28. The summed E-state index contributed by atoms with van der Waals surface area (Å²) in [5.74, 6) is -0.201. The fourth-order valence-electron chi connectivity index (χ4n) is 2.33. The van der Waals surface area contributed by atoms with Crippen LogP contribution in [0.3, 0.4) is 0 Å². The normalized spacial score (nSPS) is 20.0. The number of rotatable bonds is 7. The number of alkyl halides is 2. The minimum atomic E-state index is -2.59. The molecule has 4 nitrogen and oxygen atoms in total. The van der Waals surface area contributed by atoms with Crippen molar-refractivity contribution in [2.75, 3.05) is 26.8 Å².